The highest BCUT2D eigenvalue weighted by Crippen LogP contribution is 2.59. The normalized spacial score (nSPS) is 23.8. The highest BCUT2D eigenvalue weighted by Gasteiger charge is 2.65. The Morgan fingerprint density at radius 2 is 1.95 bits per heavy atom. The Bertz CT molecular complexity index is 1480. The van der Waals surface area contributed by atoms with E-state index in [0.29, 0.717) is 0 Å². The minimum Gasteiger partial charge on any atom is -0.493 e. The molecule has 1 saturated heterocycles. The van der Waals surface area contributed by atoms with Crippen molar-refractivity contribution in [1.29, 1.82) is 0 Å². The lowest BCUT2D eigenvalue weighted by atomic mass is 9.77. The molecule has 0 saturated carbocycles. The van der Waals surface area contributed by atoms with Crippen LogP contribution in [0, 0.1) is 17.6 Å². The summed E-state index contributed by atoms with van der Waals surface area (Å²) in [5, 5.41) is 2.48. The third kappa shape index (κ3) is 4.94. The molecule has 1 aliphatic rings. The zero-order valence-corrected chi connectivity index (χ0v) is 21.8. The number of anilines is 1. The van der Waals surface area contributed by atoms with Crippen LogP contribution in [0.3, 0.4) is 0 Å². The molecule has 10 nitrogen and oxygen atoms in total. The summed E-state index contributed by atoms with van der Waals surface area (Å²) < 4.78 is 82.2. The predicted molar refractivity (Wildman–Crippen MR) is 132 cm³/mol. The third-order valence-electron chi connectivity index (χ3n) is 7.08. The first-order chi connectivity index (χ1) is 18.6. The van der Waals surface area contributed by atoms with E-state index < -0.39 is 65.0 Å². The Morgan fingerprint density at radius 1 is 1.27 bits per heavy atom. The summed E-state index contributed by atoms with van der Waals surface area (Å²) in [5.74, 6) is -7.56. The standard InChI is InChI=1S/C25H27F5N6O4/c1-9(31)7-15(37)34-14-8-13-18(19(35-14)22(32)38)36-23(33-13)21-16(10(2)24(3,40-21)25(28,29)30)11-5-6-12(26)17(27)20(11)39-4/h5-6,8-10,16,21H,7,31H2,1-4H3,(H2,32,38)(H,33,36)(H,34,35,37)/t9-,10-,16-,21+,24+/m0/s1. The molecule has 40 heavy (non-hydrogen) atoms. The fourth-order valence-corrected chi connectivity index (χ4v) is 4.94. The largest absolute Gasteiger partial charge is 0.493 e. The summed E-state index contributed by atoms with van der Waals surface area (Å²) in [6.07, 6.45) is -6.42. The molecule has 15 heteroatoms. The summed E-state index contributed by atoms with van der Waals surface area (Å²) in [6, 6.07) is 2.76. The summed E-state index contributed by atoms with van der Waals surface area (Å²) in [6.45, 7) is 3.73. The molecule has 2 amide bonds. The van der Waals surface area contributed by atoms with Crippen LogP contribution in [-0.4, -0.2) is 51.7 Å². The number of nitrogens with zero attached hydrogens (tertiary/aromatic N) is 2. The molecular weight excluding hydrogens is 543 g/mol. The lowest BCUT2D eigenvalue weighted by molar-refractivity contribution is -0.275. The fraction of sp³-hybridized carbons (Fsp3) is 0.440. The number of amides is 2. The number of carbonyl (C=O) groups excluding carboxylic acids is 2. The van der Waals surface area contributed by atoms with Crippen LogP contribution in [0.1, 0.15) is 61.1 Å². The topological polar surface area (TPSA) is 158 Å². The number of ether oxygens (including phenoxy) is 2. The number of hydrogen-bond donors (Lipinski definition) is 4. The minimum atomic E-state index is -4.87. The molecule has 4 rings (SSSR count). The highest BCUT2D eigenvalue weighted by molar-refractivity contribution is 6.04. The Labute approximate surface area is 224 Å². The van der Waals surface area contributed by atoms with Gasteiger partial charge in [0.25, 0.3) is 5.91 Å². The second-order valence-corrected chi connectivity index (χ2v) is 9.91. The summed E-state index contributed by atoms with van der Waals surface area (Å²) >= 11 is 0. The third-order valence-corrected chi connectivity index (χ3v) is 7.08. The Kier molecular flexibility index (Phi) is 7.49. The van der Waals surface area contributed by atoms with E-state index in [9.17, 15) is 31.5 Å². The molecule has 0 spiro atoms. The maximum absolute atomic E-state index is 14.6. The van der Waals surface area contributed by atoms with Crippen molar-refractivity contribution in [2.45, 2.75) is 57.0 Å². The number of fused-ring (bicyclic) bond motifs is 1. The monoisotopic (exact) mass is 570 g/mol. The smallest absolute Gasteiger partial charge is 0.417 e. The zero-order chi connectivity index (χ0) is 29.7. The predicted octanol–water partition coefficient (Wildman–Crippen LogP) is 3.83. The van der Waals surface area contributed by atoms with Crippen molar-refractivity contribution in [3.8, 4) is 5.75 Å². The van der Waals surface area contributed by atoms with Crippen molar-refractivity contribution in [3.05, 3.63) is 46.9 Å². The van der Waals surface area contributed by atoms with Gasteiger partial charge in [-0.25, -0.2) is 14.4 Å². The molecule has 6 N–H and O–H groups in total. The number of hydrogen-bond acceptors (Lipinski definition) is 7. The fourth-order valence-electron chi connectivity index (χ4n) is 4.94. The molecule has 1 fully saturated rings. The number of alkyl halides is 3. The number of aromatic nitrogens is 3. The maximum Gasteiger partial charge on any atom is 0.417 e. The van der Waals surface area contributed by atoms with Crippen LogP contribution in [0.2, 0.25) is 0 Å². The van der Waals surface area contributed by atoms with Crippen LogP contribution in [-0.2, 0) is 9.53 Å². The molecule has 1 aliphatic heterocycles. The first kappa shape index (κ1) is 29.1. The van der Waals surface area contributed by atoms with Gasteiger partial charge in [-0.05, 0) is 19.9 Å². The molecule has 216 valence electrons. The van der Waals surface area contributed by atoms with Gasteiger partial charge in [0.1, 0.15) is 23.3 Å². The molecular formula is C25H27F5N6O4. The number of primary amides is 1. The van der Waals surface area contributed by atoms with E-state index in [1.807, 2.05) is 0 Å². The number of imidazole rings is 1. The number of rotatable bonds is 7. The quantitative estimate of drug-likeness (QED) is 0.314. The minimum absolute atomic E-state index is 0.0541. The van der Waals surface area contributed by atoms with Crippen LogP contribution in [0.5, 0.6) is 5.75 Å². The van der Waals surface area contributed by atoms with Crippen LogP contribution in [0.4, 0.5) is 27.8 Å². The highest BCUT2D eigenvalue weighted by atomic mass is 19.4. The Morgan fingerprint density at radius 3 is 2.52 bits per heavy atom. The van der Waals surface area contributed by atoms with E-state index in [0.717, 1.165) is 26.2 Å². The maximum atomic E-state index is 14.6. The summed E-state index contributed by atoms with van der Waals surface area (Å²) in [5.41, 5.74) is 7.92. The van der Waals surface area contributed by atoms with Gasteiger partial charge in [0.15, 0.2) is 22.9 Å². The number of halogens is 5. The average molecular weight is 571 g/mol. The molecule has 0 aliphatic carbocycles. The first-order valence-corrected chi connectivity index (χ1v) is 12.1. The number of pyridine rings is 1. The van der Waals surface area contributed by atoms with Gasteiger partial charge >= 0.3 is 6.18 Å². The van der Waals surface area contributed by atoms with Crippen molar-refractivity contribution in [1.82, 2.24) is 15.0 Å². The van der Waals surface area contributed by atoms with Crippen molar-refractivity contribution >= 4 is 28.7 Å². The van der Waals surface area contributed by atoms with Crippen molar-refractivity contribution in [3.63, 3.8) is 0 Å². The van der Waals surface area contributed by atoms with Crippen molar-refractivity contribution in [2.75, 3.05) is 12.4 Å². The van der Waals surface area contributed by atoms with Gasteiger partial charge in [-0.1, -0.05) is 13.0 Å². The van der Waals surface area contributed by atoms with Gasteiger partial charge in [-0.3, -0.25) is 9.59 Å². The van der Waals surface area contributed by atoms with E-state index in [1.165, 1.54) is 13.0 Å². The zero-order valence-electron chi connectivity index (χ0n) is 21.8. The lowest BCUT2D eigenvalue weighted by Crippen LogP contribution is -2.46. The van der Waals surface area contributed by atoms with Crippen molar-refractivity contribution in [2.24, 2.45) is 17.4 Å². The first-order valence-electron chi connectivity index (χ1n) is 12.1. The number of carbonyl (C=O) groups is 2. The van der Waals surface area contributed by atoms with E-state index >= 15 is 0 Å². The van der Waals surface area contributed by atoms with Crippen LogP contribution in [0.25, 0.3) is 11.0 Å². The number of nitrogens with one attached hydrogen (secondary N) is 2. The Hall–Kier alpha value is -3.85. The van der Waals surface area contributed by atoms with Crippen LogP contribution < -0.4 is 21.5 Å². The van der Waals surface area contributed by atoms with E-state index in [4.69, 9.17) is 20.9 Å². The number of methoxy groups -OCH3 is 1. The second-order valence-electron chi connectivity index (χ2n) is 9.91. The van der Waals surface area contributed by atoms with Crippen molar-refractivity contribution < 1.29 is 41.0 Å². The van der Waals surface area contributed by atoms with E-state index in [2.05, 4.69) is 20.3 Å². The van der Waals surface area contributed by atoms with Crippen LogP contribution in [0.15, 0.2) is 18.2 Å². The molecule has 1 aromatic carbocycles. The number of aromatic amines is 1. The summed E-state index contributed by atoms with van der Waals surface area (Å²) in [7, 11) is 1.06. The van der Waals surface area contributed by atoms with Gasteiger partial charge in [-0.2, -0.15) is 17.6 Å². The van der Waals surface area contributed by atoms with E-state index in [-0.39, 0.29) is 40.4 Å². The van der Waals surface area contributed by atoms with Gasteiger partial charge in [0.2, 0.25) is 11.7 Å². The molecule has 2 aromatic heterocycles. The number of nitrogens with two attached hydrogens (primary N) is 2. The molecule has 3 aromatic rings. The molecule has 3 heterocycles. The lowest BCUT2D eigenvalue weighted by Gasteiger charge is -2.32. The average Bonchev–Trinajstić information content (AvgIpc) is 3.38. The molecule has 0 unspecified atom stereocenters. The molecule has 0 bridgehead atoms. The Balaban J connectivity index is 1.89. The SMILES string of the molecule is COc1c([C@H]2[C@H](c3nc4c(C(N)=O)nc(NC(=O)C[C@H](C)N)cc4[nH]3)O[C@@](C)(C(F)(F)F)[C@H]2C)ccc(F)c1F. The van der Waals surface area contributed by atoms with E-state index in [1.54, 1.807) is 6.92 Å². The second kappa shape index (κ2) is 10.3. The van der Waals surface area contributed by atoms with Gasteiger partial charge in [-0.15, -0.1) is 0 Å². The van der Waals surface area contributed by atoms with Crippen LogP contribution >= 0.6 is 0 Å². The van der Waals surface area contributed by atoms with Gasteiger partial charge in [0.05, 0.1) is 12.6 Å². The van der Waals surface area contributed by atoms with Gasteiger partial charge in [0, 0.05) is 35.9 Å². The van der Waals surface area contributed by atoms with Gasteiger partial charge < -0.3 is 31.2 Å². The number of benzene rings is 1. The molecule has 0 radical (unpaired) electrons. The molecule has 5 atom stereocenters. The number of H-pyrrole nitrogens is 1. The summed E-state index contributed by atoms with van der Waals surface area (Å²) in [4.78, 5) is 35.5.